The van der Waals surface area contributed by atoms with Gasteiger partial charge in [0.1, 0.15) is 0 Å². The molecule has 0 radical (unpaired) electrons. The van der Waals surface area contributed by atoms with E-state index in [1.807, 2.05) is 20.2 Å². The topological polar surface area (TPSA) is 53.0 Å². The molecule has 0 amide bonds. The SMILES string of the molecule is CC1=C2C[C@H](N(C(C)C)S(C)(=O)=O)CN2C=N[C@H]1C. The van der Waals surface area contributed by atoms with Crippen molar-refractivity contribution in [2.75, 3.05) is 12.8 Å². The van der Waals surface area contributed by atoms with Crippen LogP contribution in [0.3, 0.4) is 0 Å². The number of hydrogen-bond donors (Lipinski definition) is 0. The highest BCUT2D eigenvalue weighted by Crippen LogP contribution is 2.32. The maximum absolute atomic E-state index is 12.0. The van der Waals surface area contributed by atoms with Crippen LogP contribution in [-0.4, -0.2) is 54.9 Å². The van der Waals surface area contributed by atoms with E-state index in [0.29, 0.717) is 6.54 Å². The molecule has 1 fully saturated rings. The van der Waals surface area contributed by atoms with Crippen LogP contribution in [0.1, 0.15) is 34.1 Å². The molecule has 2 atom stereocenters. The molecule has 1 saturated heterocycles. The van der Waals surface area contributed by atoms with Crippen LogP contribution in [0.25, 0.3) is 0 Å². The molecule has 0 saturated carbocycles. The van der Waals surface area contributed by atoms with Crippen LogP contribution in [-0.2, 0) is 10.0 Å². The quantitative estimate of drug-likeness (QED) is 0.788. The van der Waals surface area contributed by atoms with E-state index >= 15 is 0 Å². The maximum atomic E-state index is 12.0. The molecule has 19 heavy (non-hydrogen) atoms. The van der Waals surface area contributed by atoms with Gasteiger partial charge in [0.2, 0.25) is 10.0 Å². The van der Waals surface area contributed by atoms with E-state index in [1.54, 1.807) is 4.31 Å². The minimum atomic E-state index is -3.18. The summed E-state index contributed by atoms with van der Waals surface area (Å²) in [5, 5.41) is 0. The molecule has 0 aromatic heterocycles. The largest absolute Gasteiger partial charge is 0.335 e. The summed E-state index contributed by atoms with van der Waals surface area (Å²) >= 11 is 0. The van der Waals surface area contributed by atoms with Gasteiger partial charge in [0.15, 0.2) is 0 Å². The van der Waals surface area contributed by atoms with Crippen LogP contribution in [0.15, 0.2) is 16.3 Å². The van der Waals surface area contributed by atoms with E-state index in [4.69, 9.17) is 0 Å². The average Bonchev–Trinajstić information content (AvgIpc) is 2.65. The second-order valence-electron chi connectivity index (χ2n) is 5.77. The fourth-order valence-corrected chi connectivity index (χ4v) is 4.47. The first-order valence-electron chi connectivity index (χ1n) is 6.70. The van der Waals surface area contributed by atoms with E-state index in [9.17, 15) is 8.42 Å². The van der Waals surface area contributed by atoms with Gasteiger partial charge in [0.05, 0.1) is 18.6 Å². The minimum absolute atomic E-state index is 0.0108. The Morgan fingerprint density at radius 1 is 1.47 bits per heavy atom. The van der Waals surface area contributed by atoms with Crippen LogP contribution in [0.4, 0.5) is 0 Å². The van der Waals surface area contributed by atoms with Gasteiger partial charge in [-0.25, -0.2) is 8.42 Å². The van der Waals surface area contributed by atoms with Crippen LogP contribution in [0, 0.1) is 0 Å². The van der Waals surface area contributed by atoms with E-state index in [1.165, 1.54) is 17.5 Å². The van der Waals surface area contributed by atoms with Crippen LogP contribution in [0.5, 0.6) is 0 Å². The summed E-state index contributed by atoms with van der Waals surface area (Å²) in [6, 6.07) is 0.198. The first-order chi connectivity index (χ1) is 8.71. The van der Waals surface area contributed by atoms with Crippen molar-refractivity contribution in [3.05, 3.63) is 11.3 Å². The Hall–Kier alpha value is -0.880. The first kappa shape index (κ1) is 14.5. The van der Waals surface area contributed by atoms with Crippen molar-refractivity contribution in [3.63, 3.8) is 0 Å². The predicted octanol–water partition coefficient (Wildman–Crippen LogP) is 1.44. The molecule has 2 aliphatic rings. The zero-order chi connectivity index (χ0) is 14.4. The Labute approximate surface area is 116 Å². The number of rotatable bonds is 3. The number of aliphatic imine (C=N–C) groups is 1. The van der Waals surface area contributed by atoms with E-state index in [-0.39, 0.29) is 18.1 Å². The lowest BCUT2D eigenvalue weighted by Gasteiger charge is -2.29. The van der Waals surface area contributed by atoms with Crippen molar-refractivity contribution >= 4 is 16.4 Å². The standard InChI is InChI=1S/C13H23N3O2S/c1-9(2)16(19(5,17)18)12-6-13-10(3)11(4)14-8-15(13)7-12/h8-9,11-12H,6-7H2,1-5H3/t11-,12-/m0/s1. The van der Waals surface area contributed by atoms with Gasteiger partial charge in [0.25, 0.3) is 0 Å². The summed E-state index contributed by atoms with van der Waals surface area (Å²) in [5.41, 5.74) is 2.49. The third-order valence-electron chi connectivity index (χ3n) is 3.95. The van der Waals surface area contributed by atoms with E-state index in [2.05, 4.69) is 23.7 Å². The van der Waals surface area contributed by atoms with Crippen LogP contribution in [0.2, 0.25) is 0 Å². The summed E-state index contributed by atoms with van der Waals surface area (Å²) in [6.45, 7) is 8.72. The van der Waals surface area contributed by atoms with Gasteiger partial charge in [-0.1, -0.05) is 0 Å². The highest BCUT2D eigenvalue weighted by Gasteiger charge is 2.38. The van der Waals surface area contributed by atoms with Crippen molar-refractivity contribution < 1.29 is 8.42 Å². The zero-order valence-corrected chi connectivity index (χ0v) is 13.1. The maximum Gasteiger partial charge on any atom is 0.211 e. The fraction of sp³-hybridized carbons (Fsp3) is 0.769. The number of hydrogen-bond acceptors (Lipinski definition) is 4. The Bertz CT molecular complexity index is 522. The normalized spacial score (nSPS) is 27.6. The summed E-state index contributed by atoms with van der Waals surface area (Å²) in [5.74, 6) is 0. The molecule has 2 aliphatic heterocycles. The van der Waals surface area contributed by atoms with Crippen molar-refractivity contribution in [2.45, 2.75) is 52.2 Å². The highest BCUT2D eigenvalue weighted by atomic mass is 32.2. The lowest BCUT2D eigenvalue weighted by molar-refractivity contribution is 0.280. The molecule has 2 heterocycles. The second-order valence-corrected chi connectivity index (χ2v) is 7.65. The molecule has 0 aliphatic carbocycles. The summed E-state index contributed by atoms with van der Waals surface area (Å²) < 4.78 is 25.6. The Morgan fingerprint density at radius 2 is 2.11 bits per heavy atom. The third kappa shape index (κ3) is 2.69. The van der Waals surface area contributed by atoms with Gasteiger partial charge in [-0.05, 0) is 33.3 Å². The molecular formula is C13H23N3O2S. The molecule has 2 rings (SSSR count). The molecule has 5 nitrogen and oxygen atoms in total. The van der Waals surface area contributed by atoms with Crippen LogP contribution < -0.4 is 0 Å². The summed E-state index contributed by atoms with van der Waals surface area (Å²) in [6.07, 6.45) is 3.93. The Kier molecular flexibility index (Phi) is 3.75. The third-order valence-corrected chi connectivity index (χ3v) is 5.43. The minimum Gasteiger partial charge on any atom is -0.335 e. The second kappa shape index (κ2) is 4.90. The molecule has 0 bridgehead atoms. The molecule has 0 N–H and O–H groups in total. The molecule has 0 unspecified atom stereocenters. The van der Waals surface area contributed by atoms with E-state index in [0.717, 1.165) is 6.42 Å². The molecule has 6 heteroatoms. The zero-order valence-electron chi connectivity index (χ0n) is 12.3. The molecule has 0 aromatic carbocycles. The summed E-state index contributed by atoms with van der Waals surface area (Å²) in [4.78, 5) is 6.53. The van der Waals surface area contributed by atoms with Crippen molar-refractivity contribution in [1.29, 1.82) is 0 Å². The average molecular weight is 285 g/mol. The number of nitrogens with zero attached hydrogens (tertiary/aromatic N) is 3. The summed E-state index contributed by atoms with van der Waals surface area (Å²) in [7, 11) is -3.18. The lowest BCUT2D eigenvalue weighted by Crippen LogP contribution is -2.45. The monoisotopic (exact) mass is 285 g/mol. The molecule has 108 valence electrons. The number of sulfonamides is 1. The number of fused-ring (bicyclic) bond motifs is 1. The Balaban J connectivity index is 2.29. The molecular weight excluding hydrogens is 262 g/mol. The lowest BCUT2D eigenvalue weighted by atomic mass is 10.1. The van der Waals surface area contributed by atoms with Gasteiger partial charge >= 0.3 is 0 Å². The van der Waals surface area contributed by atoms with Gasteiger partial charge in [-0.3, -0.25) is 4.99 Å². The van der Waals surface area contributed by atoms with E-state index < -0.39 is 10.0 Å². The van der Waals surface area contributed by atoms with Gasteiger partial charge < -0.3 is 4.90 Å². The van der Waals surface area contributed by atoms with Gasteiger partial charge in [-0.15, -0.1) is 0 Å². The van der Waals surface area contributed by atoms with Gasteiger partial charge in [0, 0.05) is 30.7 Å². The Morgan fingerprint density at radius 3 is 2.63 bits per heavy atom. The predicted molar refractivity (Wildman–Crippen MR) is 77.6 cm³/mol. The molecule has 0 aromatic rings. The first-order valence-corrected chi connectivity index (χ1v) is 8.54. The fourth-order valence-electron chi connectivity index (χ4n) is 3.03. The molecule has 0 spiro atoms. The van der Waals surface area contributed by atoms with Crippen molar-refractivity contribution in [2.24, 2.45) is 4.99 Å². The van der Waals surface area contributed by atoms with Crippen molar-refractivity contribution in [3.8, 4) is 0 Å². The smallest absolute Gasteiger partial charge is 0.211 e. The highest BCUT2D eigenvalue weighted by molar-refractivity contribution is 7.88. The van der Waals surface area contributed by atoms with Crippen LogP contribution >= 0.6 is 0 Å². The van der Waals surface area contributed by atoms with Crippen molar-refractivity contribution in [1.82, 2.24) is 9.21 Å². The van der Waals surface area contributed by atoms with Gasteiger partial charge in [-0.2, -0.15) is 4.31 Å².